The molecule has 1 unspecified atom stereocenters. The van der Waals surface area contributed by atoms with Gasteiger partial charge in [0.15, 0.2) is 0 Å². The van der Waals surface area contributed by atoms with Gasteiger partial charge in [-0.15, -0.1) is 0 Å². The summed E-state index contributed by atoms with van der Waals surface area (Å²) in [6.45, 7) is 6.29. The molecular weight excluding hydrogens is 238 g/mol. The van der Waals surface area contributed by atoms with E-state index in [0.717, 1.165) is 0 Å². The molecule has 0 aromatic rings. The molecule has 1 heterocycles. The molecule has 0 bridgehead atoms. The molecule has 1 fully saturated rings. The highest BCUT2D eigenvalue weighted by Crippen LogP contribution is 2.21. The zero-order valence-electron chi connectivity index (χ0n) is 10.4. The Kier molecular flexibility index (Phi) is 4.08. The molecule has 0 aromatic carbocycles. The number of nitrogens with two attached hydrogens (primary N) is 1. The van der Waals surface area contributed by atoms with Gasteiger partial charge in [-0.3, -0.25) is 9.59 Å². The van der Waals surface area contributed by atoms with E-state index < -0.39 is 11.5 Å². The van der Waals surface area contributed by atoms with Gasteiger partial charge in [-0.05, 0) is 20.3 Å². The maximum absolute atomic E-state index is 12.3. The zero-order chi connectivity index (χ0) is 13.2. The quantitative estimate of drug-likeness (QED) is 0.700. The van der Waals surface area contributed by atoms with Gasteiger partial charge in [0.05, 0.1) is 10.9 Å². The summed E-state index contributed by atoms with van der Waals surface area (Å²) in [6.07, 6.45) is 0.558. The second kappa shape index (κ2) is 5.00. The van der Waals surface area contributed by atoms with Crippen LogP contribution in [0.2, 0.25) is 0 Å². The van der Waals surface area contributed by atoms with E-state index in [1.54, 1.807) is 18.7 Å². The number of nitrogens with zero attached hydrogens (tertiary/aromatic N) is 1. The molecule has 6 heteroatoms. The molecule has 1 rings (SSSR count). The van der Waals surface area contributed by atoms with Gasteiger partial charge < -0.3 is 16.0 Å². The number of amides is 2. The van der Waals surface area contributed by atoms with Crippen LogP contribution in [0, 0.1) is 5.92 Å². The SMILES string of the molecule is CCC(C(=O)N1CCNC(=O)C1(C)C)C(N)=S. The van der Waals surface area contributed by atoms with Crippen molar-refractivity contribution in [1.29, 1.82) is 0 Å². The van der Waals surface area contributed by atoms with Crippen molar-refractivity contribution < 1.29 is 9.59 Å². The van der Waals surface area contributed by atoms with E-state index in [-0.39, 0.29) is 16.8 Å². The monoisotopic (exact) mass is 257 g/mol. The average Bonchev–Trinajstić information content (AvgIpc) is 2.22. The molecule has 0 spiro atoms. The standard InChI is InChI=1S/C11H19N3O2S/c1-4-7(8(12)17)9(15)14-6-5-13-10(16)11(14,2)3/h7H,4-6H2,1-3H3,(H2,12,17)(H,13,16). The fourth-order valence-electron chi connectivity index (χ4n) is 1.97. The van der Waals surface area contributed by atoms with Crippen molar-refractivity contribution in [3.05, 3.63) is 0 Å². The summed E-state index contributed by atoms with van der Waals surface area (Å²) in [5, 5.41) is 2.75. The molecular formula is C11H19N3O2S. The number of nitrogens with one attached hydrogen (secondary N) is 1. The molecule has 0 aliphatic carbocycles. The van der Waals surface area contributed by atoms with Crippen LogP contribution in [0.1, 0.15) is 27.2 Å². The number of piperazine rings is 1. The number of rotatable bonds is 3. The van der Waals surface area contributed by atoms with Crippen molar-refractivity contribution in [1.82, 2.24) is 10.2 Å². The first-order chi connectivity index (χ1) is 7.82. The molecule has 1 saturated heterocycles. The first-order valence-corrected chi connectivity index (χ1v) is 6.12. The van der Waals surface area contributed by atoms with Crippen LogP contribution >= 0.6 is 12.2 Å². The number of thiocarbonyl (C=S) groups is 1. The topological polar surface area (TPSA) is 75.4 Å². The predicted octanol–water partition coefficient (Wildman–Crippen LogP) is 0.0357. The smallest absolute Gasteiger partial charge is 0.245 e. The van der Waals surface area contributed by atoms with Gasteiger partial charge in [0.1, 0.15) is 5.54 Å². The normalized spacial score (nSPS) is 20.6. The lowest BCUT2D eigenvalue weighted by Gasteiger charge is -2.42. The fourth-order valence-corrected chi connectivity index (χ4v) is 2.24. The number of hydrogen-bond donors (Lipinski definition) is 2. The fraction of sp³-hybridized carbons (Fsp3) is 0.727. The molecule has 96 valence electrons. The highest BCUT2D eigenvalue weighted by atomic mass is 32.1. The maximum atomic E-state index is 12.3. The van der Waals surface area contributed by atoms with Crippen LogP contribution in [0.15, 0.2) is 0 Å². The third kappa shape index (κ3) is 2.57. The highest BCUT2D eigenvalue weighted by molar-refractivity contribution is 7.80. The summed E-state index contributed by atoms with van der Waals surface area (Å²) in [4.78, 5) is 25.8. The van der Waals surface area contributed by atoms with Crippen molar-refractivity contribution in [2.45, 2.75) is 32.7 Å². The molecule has 0 radical (unpaired) electrons. The Morgan fingerprint density at radius 3 is 2.71 bits per heavy atom. The van der Waals surface area contributed by atoms with Gasteiger partial charge in [0, 0.05) is 13.1 Å². The van der Waals surface area contributed by atoms with Crippen molar-refractivity contribution in [3.63, 3.8) is 0 Å². The minimum absolute atomic E-state index is 0.144. The minimum atomic E-state index is -0.840. The van der Waals surface area contributed by atoms with Crippen LogP contribution in [0.3, 0.4) is 0 Å². The van der Waals surface area contributed by atoms with E-state index >= 15 is 0 Å². The first kappa shape index (κ1) is 13.9. The molecule has 1 aliphatic rings. The Bertz CT molecular complexity index is 355. The number of carbonyl (C=O) groups excluding carboxylic acids is 2. The summed E-state index contributed by atoms with van der Waals surface area (Å²) in [5.41, 5.74) is 4.72. The Morgan fingerprint density at radius 2 is 2.24 bits per heavy atom. The minimum Gasteiger partial charge on any atom is -0.393 e. The molecule has 5 nitrogen and oxygen atoms in total. The average molecular weight is 257 g/mol. The Labute approximate surface area is 107 Å². The molecule has 0 aromatic heterocycles. The summed E-state index contributed by atoms with van der Waals surface area (Å²) in [7, 11) is 0. The molecule has 2 amide bonds. The predicted molar refractivity (Wildman–Crippen MR) is 69.4 cm³/mol. The summed E-state index contributed by atoms with van der Waals surface area (Å²) < 4.78 is 0. The van der Waals surface area contributed by atoms with Crippen molar-refractivity contribution in [2.24, 2.45) is 11.7 Å². The van der Waals surface area contributed by atoms with E-state index in [2.05, 4.69) is 5.32 Å². The molecule has 0 saturated carbocycles. The van der Waals surface area contributed by atoms with Crippen LogP contribution in [0.5, 0.6) is 0 Å². The van der Waals surface area contributed by atoms with E-state index in [9.17, 15) is 9.59 Å². The second-order valence-electron chi connectivity index (χ2n) is 4.67. The van der Waals surface area contributed by atoms with Crippen molar-refractivity contribution >= 4 is 29.0 Å². The molecule has 3 N–H and O–H groups in total. The lowest BCUT2D eigenvalue weighted by Crippen LogP contribution is -2.64. The summed E-state index contributed by atoms with van der Waals surface area (Å²) in [5.74, 6) is -0.773. The zero-order valence-corrected chi connectivity index (χ0v) is 11.3. The van der Waals surface area contributed by atoms with Crippen LogP contribution in [0.25, 0.3) is 0 Å². The number of hydrogen-bond acceptors (Lipinski definition) is 3. The Hall–Kier alpha value is -1.17. The van der Waals surface area contributed by atoms with Crippen LogP contribution in [-0.2, 0) is 9.59 Å². The van der Waals surface area contributed by atoms with Gasteiger partial charge in [0.2, 0.25) is 11.8 Å². The third-order valence-corrected chi connectivity index (χ3v) is 3.45. The van der Waals surface area contributed by atoms with Crippen molar-refractivity contribution in [3.8, 4) is 0 Å². The van der Waals surface area contributed by atoms with Gasteiger partial charge in [-0.1, -0.05) is 19.1 Å². The Morgan fingerprint density at radius 1 is 1.65 bits per heavy atom. The van der Waals surface area contributed by atoms with Gasteiger partial charge in [0.25, 0.3) is 0 Å². The van der Waals surface area contributed by atoms with E-state index in [0.29, 0.717) is 19.5 Å². The van der Waals surface area contributed by atoms with Crippen molar-refractivity contribution in [2.75, 3.05) is 13.1 Å². The third-order valence-electron chi connectivity index (χ3n) is 3.17. The van der Waals surface area contributed by atoms with E-state index in [1.165, 1.54) is 0 Å². The Balaban J connectivity index is 2.94. The summed E-state index contributed by atoms with van der Waals surface area (Å²) in [6, 6.07) is 0. The van der Waals surface area contributed by atoms with Crippen LogP contribution < -0.4 is 11.1 Å². The largest absolute Gasteiger partial charge is 0.393 e. The molecule has 1 atom stereocenters. The first-order valence-electron chi connectivity index (χ1n) is 5.71. The van der Waals surface area contributed by atoms with E-state index in [1.807, 2.05) is 6.92 Å². The maximum Gasteiger partial charge on any atom is 0.245 e. The van der Waals surface area contributed by atoms with Gasteiger partial charge in [-0.25, -0.2) is 0 Å². The van der Waals surface area contributed by atoms with Gasteiger partial charge in [-0.2, -0.15) is 0 Å². The van der Waals surface area contributed by atoms with Crippen LogP contribution in [0.4, 0.5) is 0 Å². The molecule has 1 aliphatic heterocycles. The van der Waals surface area contributed by atoms with Gasteiger partial charge >= 0.3 is 0 Å². The summed E-state index contributed by atoms with van der Waals surface area (Å²) >= 11 is 4.90. The lowest BCUT2D eigenvalue weighted by molar-refractivity contribution is -0.150. The molecule has 17 heavy (non-hydrogen) atoms. The van der Waals surface area contributed by atoms with E-state index in [4.69, 9.17) is 18.0 Å². The number of carbonyl (C=O) groups is 2. The second-order valence-corrected chi connectivity index (χ2v) is 5.14. The lowest BCUT2D eigenvalue weighted by atomic mass is 9.95. The van der Waals surface area contributed by atoms with Crippen LogP contribution in [-0.4, -0.2) is 40.3 Å². The highest BCUT2D eigenvalue weighted by Gasteiger charge is 2.42.